The molecule has 0 spiro atoms. The molecule has 0 unspecified atom stereocenters. The minimum absolute atomic E-state index is 0.766. The Morgan fingerprint density at radius 3 is 2.18 bits per heavy atom. The molecule has 0 aliphatic rings. The third kappa shape index (κ3) is 4.66. The first kappa shape index (κ1) is 16.7. The van der Waals surface area contributed by atoms with Crippen LogP contribution in [0.25, 0.3) is 10.8 Å². The summed E-state index contributed by atoms with van der Waals surface area (Å²) in [6.07, 6.45) is 7.04. The molecule has 0 amide bonds. The molecule has 0 saturated carbocycles. The smallest absolute Gasteiger partial charge is 0.127 e. The molecule has 0 aliphatic heterocycles. The predicted molar refractivity (Wildman–Crippen MR) is 92.8 cm³/mol. The highest BCUT2D eigenvalue weighted by atomic mass is 16.5. The molecule has 0 aromatic heterocycles. The van der Waals surface area contributed by atoms with Crippen LogP contribution in [0.5, 0.6) is 11.5 Å². The fourth-order valence-corrected chi connectivity index (χ4v) is 2.49. The normalized spacial score (nSPS) is 10.8. The van der Waals surface area contributed by atoms with Crippen molar-refractivity contribution in [1.29, 1.82) is 0 Å². The van der Waals surface area contributed by atoms with Crippen molar-refractivity contribution in [3.8, 4) is 11.5 Å². The highest BCUT2D eigenvalue weighted by Gasteiger charge is 2.07. The zero-order chi connectivity index (χ0) is 15.6. The Morgan fingerprint density at radius 1 is 0.818 bits per heavy atom. The molecular weight excluding hydrogens is 272 g/mol. The molecule has 2 heteroatoms. The van der Waals surface area contributed by atoms with Crippen LogP contribution in [0.1, 0.15) is 52.4 Å². The van der Waals surface area contributed by atoms with Crippen molar-refractivity contribution in [3.05, 3.63) is 36.4 Å². The maximum atomic E-state index is 5.94. The fraction of sp³-hybridized carbons (Fsp3) is 0.500. The van der Waals surface area contributed by atoms with Gasteiger partial charge in [-0.1, -0.05) is 51.7 Å². The summed E-state index contributed by atoms with van der Waals surface area (Å²) in [6.45, 7) is 5.94. The van der Waals surface area contributed by atoms with E-state index in [-0.39, 0.29) is 0 Å². The SMILES string of the molecule is CCCCCOc1cccc2c(OCCCCC)cc[c]c12. The van der Waals surface area contributed by atoms with Crippen LogP contribution in [-0.2, 0) is 0 Å². The average Bonchev–Trinajstić information content (AvgIpc) is 2.56. The van der Waals surface area contributed by atoms with Crippen LogP contribution >= 0.6 is 0 Å². The zero-order valence-corrected chi connectivity index (χ0v) is 13.9. The van der Waals surface area contributed by atoms with E-state index < -0.39 is 0 Å². The molecule has 119 valence electrons. The van der Waals surface area contributed by atoms with Crippen molar-refractivity contribution < 1.29 is 9.47 Å². The molecule has 2 rings (SSSR count). The number of benzene rings is 2. The first-order valence-corrected chi connectivity index (χ1v) is 8.55. The van der Waals surface area contributed by atoms with Crippen LogP contribution in [-0.4, -0.2) is 13.2 Å². The number of ether oxygens (including phenoxy) is 2. The number of unbranched alkanes of at least 4 members (excludes halogenated alkanes) is 4. The summed E-state index contributed by atoms with van der Waals surface area (Å²) < 4.78 is 11.9. The van der Waals surface area contributed by atoms with Gasteiger partial charge in [-0.15, -0.1) is 0 Å². The van der Waals surface area contributed by atoms with Gasteiger partial charge in [0.25, 0.3) is 0 Å². The monoisotopic (exact) mass is 299 g/mol. The van der Waals surface area contributed by atoms with Gasteiger partial charge in [-0.05, 0) is 37.1 Å². The molecule has 0 bridgehead atoms. The lowest BCUT2D eigenvalue weighted by Gasteiger charge is -2.12. The summed E-state index contributed by atoms with van der Waals surface area (Å²) in [5.74, 6) is 1.84. The molecule has 2 aromatic carbocycles. The minimum atomic E-state index is 0.766. The van der Waals surface area contributed by atoms with E-state index in [1.54, 1.807) is 0 Å². The molecule has 0 aliphatic carbocycles. The van der Waals surface area contributed by atoms with Gasteiger partial charge in [0.2, 0.25) is 0 Å². The van der Waals surface area contributed by atoms with Gasteiger partial charge in [0.15, 0.2) is 0 Å². The highest BCUT2D eigenvalue weighted by Crippen LogP contribution is 2.32. The predicted octanol–water partition coefficient (Wildman–Crippen LogP) is 5.78. The second kappa shape index (κ2) is 9.34. The van der Waals surface area contributed by atoms with Crippen LogP contribution in [0.3, 0.4) is 0 Å². The highest BCUT2D eigenvalue weighted by molar-refractivity contribution is 5.92. The largest absolute Gasteiger partial charge is 0.493 e. The van der Waals surface area contributed by atoms with E-state index in [1.165, 1.54) is 25.7 Å². The maximum Gasteiger partial charge on any atom is 0.127 e. The van der Waals surface area contributed by atoms with Crippen LogP contribution in [0, 0.1) is 6.07 Å². The topological polar surface area (TPSA) is 18.5 Å². The van der Waals surface area contributed by atoms with Crippen molar-refractivity contribution in [2.45, 2.75) is 52.4 Å². The lowest BCUT2D eigenvalue weighted by molar-refractivity contribution is 0.306. The zero-order valence-electron chi connectivity index (χ0n) is 13.9. The van der Waals surface area contributed by atoms with E-state index in [0.29, 0.717) is 0 Å². The molecule has 0 heterocycles. The first-order chi connectivity index (χ1) is 10.9. The molecule has 22 heavy (non-hydrogen) atoms. The van der Waals surface area contributed by atoms with Gasteiger partial charge >= 0.3 is 0 Å². The average molecular weight is 299 g/mol. The summed E-state index contributed by atoms with van der Waals surface area (Å²) in [6, 6.07) is 13.4. The van der Waals surface area contributed by atoms with Gasteiger partial charge in [0.1, 0.15) is 11.5 Å². The van der Waals surface area contributed by atoms with Crippen LogP contribution in [0.4, 0.5) is 0 Å². The van der Waals surface area contributed by atoms with Gasteiger partial charge < -0.3 is 9.47 Å². The Hall–Kier alpha value is -1.70. The van der Waals surface area contributed by atoms with E-state index in [9.17, 15) is 0 Å². The Labute approximate surface area is 134 Å². The quantitative estimate of drug-likeness (QED) is 0.518. The Morgan fingerprint density at radius 2 is 1.50 bits per heavy atom. The Kier molecular flexibility index (Phi) is 7.08. The third-order valence-electron chi connectivity index (χ3n) is 3.76. The van der Waals surface area contributed by atoms with Crippen LogP contribution < -0.4 is 9.47 Å². The van der Waals surface area contributed by atoms with Crippen LogP contribution in [0.15, 0.2) is 30.3 Å². The van der Waals surface area contributed by atoms with Crippen molar-refractivity contribution in [2.24, 2.45) is 0 Å². The van der Waals surface area contributed by atoms with Crippen molar-refractivity contribution in [1.82, 2.24) is 0 Å². The number of fused-ring (bicyclic) bond motifs is 1. The second-order valence-corrected chi connectivity index (χ2v) is 5.63. The molecule has 1 radical (unpaired) electrons. The van der Waals surface area contributed by atoms with Gasteiger partial charge in [0.05, 0.1) is 13.2 Å². The molecule has 0 saturated heterocycles. The third-order valence-corrected chi connectivity index (χ3v) is 3.76. The van der Waals surface area contributed by atoms with E-state index in [2.05, 4.69) is 26.0 Å². The Balaban J connectivity index is 2.08. The summed E-state index contributed by atoms with van der Waals surface area (Å²) in [4.78, 5) is 0. The molecule has 2 nitrogen and oxygen atoms in total. The van der Waals surface area contributed by atoms with Crippen molar-refractivity contribution >= 4 is 10.8 Å². The van der Waals surface area contributed by atoms with Gasteiger partial charge in [-0.2, -0.15) is 0 Å². The first-order valence-electron chi connectivity index (χ1n) is 8.55. The van der Waals surface area contributed by atoms with Gasteiger partial charge in [-0.3, -0.25) is 0 Å². The summed E-state index contributed by atoms with van der Waals surface area (Å²) in [5.41, 5.74) is 0. The van der Waals surface area contributed by atoms with Gasteiger partial charge in [-0.25, -0.2) is 0 Å². The molecule has 0 N–H and O–H groups in total. The molecular formula is C20H27O2. The van der Waals surface area contributed by atoms with E-state index in [4.69, 9.17) is 9.47 Å². The summed E-state index contributed by atoms with van der Waals surface area (Å²) in [5, 5.41) is 2.11. The van der Waals surface area contributed by atoms with E-state index in [1.807, 2.05) is 24.3 Å². The number of hydrogen-bond donors (Lipinski definition) is 0. The summed E-state index contributed by atoms with van der Waals surface area (Å²) in [7, 11) is 0. The minimum Gasteiger partial charge on any atom is -0.493 e. The lowest BCUT2D eigenvalue weighted by atomic mass is 10.1. The van der Waals surface area contributed by atoms with Crippen molar-refractivity contribution in [3.63, 3.8) is 0 Å². The molecule has 0 atom stereocenters. The number of rotatable bonds is 10. The second-order valence-electron chi connectivity index (χ2n) is 5.63. The fourth-order valence-electron chi connectivity index (χ4n) is 2.49. The molecule has 2 aromatic rings. The maximum absolute atomic E-state index is 5.94. The summed E-state index contributed by atoms with van der Waals surface area (Å²) >= 11 is 0. The Bertz CT molecular complexity index is 511. The van der Waals surface area contributed by atoms with Crippen molar-refractivity contribution in [2.75, 3.05) is 13.2 Å². The molecule has 0 fully saturated rings. The number of hydrogen-bond acceptors (Lipinski definition) is 2. The lowest BCUT2D eigenvalue weighted by Crippen LogP contribution is -1.99. The van der Waals surface area contributed by atoms with Gasteiger partial charge in [0, 0.05) is 10.8 Å². The van der Waals surface area contributed by atoms with E-state index in [0.717, 1.165) is 48.3 Å². The van der Waals surface area contributed by atoms with Crippen LogP contribution in [0.2, 0.25) is 0 Å². The van der Waals surface area contributed by atoms with E-state index >= 15 is 0 Å². The standard InChI is InChI=1S/C20H27O2/c1-3-5-7-15-21-19-13-9-12-18-17(19)11-10-14-20(18)22-16-8-6-4-2/h9-11,13-14H,3-8,15-16H2,1-2H3.